The van der Waals surface area contributed by atoms with E-state index in [1.54, 1.807) is 0 Å². The number of hydrogen-bond acceptors (Lipinski definition) is 6. The molecule has 6 nitrogen and oxygen atoms in total. The van der Waals surface area contributed by atoms with Crippen molar-refractivity contribution in [2.45, 2.75) is 316 Å². The van der Waals surface area contributed by atoms with Crippen LogP contribution < -0.4 is 0 Å². The first-order chi connectivity index (χ1) is 38.5. The molecule has 0 aliphatic heterocycles. The van der Waals surface area contributed by atoms with Crippen molar-refractivity contribution in [3.63, 3.8) is 0 Å². The van der Waals surface area contributed by atoms with E-state index in [1.165, 1.54) is 154 Å². The predicted molar refractivity (Wildman–Crippen MR) is 339 cm³/mol. The minimum atomic E-state index is -0.782. The number of hydrogen-bond donors (Lipinski definition) is 0. The molecule has 6 heteroatoms. The van der Waals surface area contributed by atoms with Crippen molar-refractivity contribution in [3.8, 4) is 0 Å². The van der Waals surface area contributed by atoms with Crippen LogP contribution in [0.15, 0.2) is 109 Å². The Labute approximate surface area is 482 Å². The third-order valence-corrected chi connectivity index (χ3v) is 14.0. The van der Waals surface area contributed by atoms with Crippen molar-refractivity contribution in [2.75, 3.05) is 13.2 Å². The molecule has 1 unspecified atom stereocenters. The van der Waals surface area contributed by atoms with Crippen LogP contribution >= 0.6 is 0 Å². The van der Waals surface area contributed by atoms with Crippen molar-refractivity contribution >= 4 is 17.9 Å². The van der Waals surface area contributed by atoms with Gasteiger partial charge in [0, 0.05) is 19.3 Å². The van der Waals surface area contributed by atoms with Crippen LogP contribution in [-0.4, -0.2) is 37.2 Å². The van der Waals surface area contributed by atoms with E-state index in [0.29, 0.717) is 19.3 Å². The second-order valence-electron chi connectivity index (χ2n) is 21.6. The van der Waals surface area contributed by atoms with Crippen LogP contribution in [0.2, 0.25) is 0 Å². The highest BCUT2D eigenvalue weighted by Gasteiger charge is 2.19. The zero-order chi connectivity index (χ0) is 56.4. The summed E-state index contributed by atoms with van der Waals surface area (Å²) >= 11 is 0. The maximum absolute atomic E-state index is 12.9. The van der Waals surface area contributed by atoms with Crippen LogP contribution in [-0.2, 0) is 28.6 Å². The number of ether oxygens (including phenoxy) is 3. The van der Waals surface area contributed by atoms with E-state index in [1.807, 2.05) is 0 Å². The SMILES string of the molecule is CC/C=C\C/C=C\C/C=C\C/C=C\C/C=C\C/C=C\C/C=C\CCCCCCCCCCCC(=O)OCC(COC(=O)CCCCCCCCCCCC)OC(=O)CCCCCCCCCCC/C=C\C/C=C\CCCCC. The Morgan fingerprint density at radius 2 is 0.500 bits per heavy atom. The van der Waals surface area contributed by atoms with E-state index < -0.39 is 6.10 Å². The molecule has 0 saturated heterocycles. The molecule has 0 N–H and O–H groups in total. The average molecular weight is 1080 g/mol. The van der Waals surface area contributed by atoms with Crippen LogP contribution in [0.3, 0.4) is 0 Å². The number of carbonyl (C=O) groups excluding carboxylic acids is 3. The molecule has 0 heterocycles. The minimum absolute atomic E-state index is 0.0792. The summed E-state index contributed by atoms with van der Waals surface area (Å²) in [5.74, 6) is -0.883. The summed E-state index contributed by atoms with van der Waals surface area (Å²) in [6, 6.07) is 0. The third kappa shape index (κ3) is 62.9. The summed E-state index contributed by atoms with van der Waals surface area (Å²) in [6.45, 7) is 6.50. The summed E-state index contributed by atoms with van der Waals surface area (Å²) in [7, 11) is 0. The lowest BCUT2D eigenvalue weighted by Crippen LogP contribution is -2.30. The molecular formula is C72H122O6. The molecule has 0 aliphatic carbocycles. The largest absolute Gasteiger partial charge is 0.462 e. The minimum Gasteiger partial charge on any atom is -0.462 e. The van der Waals surface area contributed by atoms with Gasteiger partial charge in [-0.3, -0.25) is 14.4 Å². The molecule has 0 radical (unpaired) electrons. The van der Waals surface area contributed by atoms with E-state index in [2.05, 4.69) is 130 Å². The summed E-state index contributed by atoms with van der Waals surface area (Å²) in [6.07, 6.45) is 89.6. The Balaban J connectivity index is 4.23. The number of esters is 3. The van der Waals surface area contributed by atoms with E-state index in [4.69, 9.17) is 14.2 Å². The highest BCUT2D eigenvalue weighted by atomic mass is 16.6. The van der Waals surface area contributed by atoms with Crippen molar-refractivity contribution in [1.29, 1.82) is 0 Å². The third-order valence-electron chi connectivity index (χ3n) is 14.0. The lowest BCUT2D eigenvalue weighted by Gasteiger charge is -2.18. The first-order valence-corrected chi connectivity index (χ1v) is 32.9. The molecule has 0 aromatic heterocycles. The summed E-state index contributed by atoms with van der Waals surface area (Å²) in [4.78, 5) is 38.2. The topological polar surface area (TPSA) is 78.9 Å². The Bertz CT molecular complexity index is 1570. The highest BCUT2D eigenvalue weighted by molar-refractivity contribution is 5.71. The van der Waals surface area contributed by atoms with Crippen molar-refractivity contribution in [2.24, 2.45) is 0 Å². The molecule has 0 amide bonds. The van der Waals surface area contributed by atoms with Gasteiger partial charge in [0.15, 0.2) is 6.10 Å². The summed E-state index contributed by atoms with van der Waals surface area (Å²) in [5, 5.41) is 0. The quantitative estimate of drug-likeness (QED) is 0.0261. The molecule has 0 spiro atoms. The first-order valence-electron chi connectivity index (χ1n) is 32.9. The molecule has 1 atom stereocenters. The molecule has 446 valence electrons. The fourth-order valence-corrected chi connectivity index (χ4v) is 9.10. The van der Waals surface area contributed by atoms with Crippen LogP contribution in [0.4, 0.5) is 0 Å². The Kier molecular flexibility index (Phi) is 62.3. The fraction of sp³-hybridized carbons (Fsp3) is 0.708. The smallest absolute Gasteiger partial charge is 0.306 e. The molecule has 0 rings (SSSR count). The van der Waals surface area contributed by atoms with E-state index >= 15 is 0 Å². The van der Waals surface area contributed by atoms with Crippen LogP contribution in [0.1, 0.15) is 310 Å². The van der Waals surface area contributed by atoms with Gasteiger partial charge in [-0.1, -0.05) is 291 Å². The van der Waals surface area contributed by atoms with Crippen molar-refractivity contribution in [1.82, 2.24) is 0 Å². The van der Waals surface area contributed by atoms with Crippen LogP contribution in [0, 0.1) is 0 Å². The molecule has 0 aliphatic rings. The second kappa shape index (κ2) is 65.6. The van der Waals surface area contributed by atoms with Gasteiger partial charge in [0.1, 0.15) is 13.2 Å². The first kappa shape index (κ1) is 74.1. The van der Waals surface area contributed by atoms with Crippen LogP contribution in [0.5, 0.6) is 0 Å². The Morgan fingerprint density at radius 1 is 0.269 bits per heavy atom. The van der Waals surface area contributed by atoms with Gasteiger partial charge in [-0.15, -0.1) is 0 Å². The second-order valence-corrected chi connectivity index (χ2v) is 21.6. The van der Waals surface area contributed by atoms with Gasteiger partial charge in [-0.2, -0.15) is 0 Å². The molecule has 78 heavy (non-hydrogen) atoms. The van der Waals surface area contributed by atoms with Crippen molar-refractivity contribution < 1.29 is 28.6 Å². The Morgan fingerprint density at radius 3 is 0.808 bits per heavy atom. The number of allylic oxidation sites excluding steroid dienone is 18. The molecule has 0 aromatic rings. The Hall–Kier alpha value is -3.93. The zero-order valence-electron chi connectivity index (χ0n) is 51.2. The van der Waals surface area contributed by atoms with Gasteiger partial charge >= 0.3 is 17.9 Å². The normalized spacial score (nSPS) is 12.8. The predicted octanol–water partition coefficient (Wildman–Crippen LogP) is 22.6. The average Bonchev–Trinajstić information content (AvgIpc) is 3.44. The van der Waals surface area contributed by atoms with Gasteiger partial charge < -0.3 is 14.2 Å². The standard InChI is InChI=1S/C72H122O6/c1-4-7-10-13-16-19-22-24-26-28-30-31-32-33-34-35-36-37-38-39-40-41-43-44-46-48-50-53-56-59-62-65-71(74)77-68-69(67-76-70(73)64-61-58-55-52-21-18-15-12-9-6-3)78-72(75)66-63-60-57-54-51-49-47-45-42-29-27-25-23-20-17-14-11-8-5-2/h7,10,16-17,19-20,24-27,30-31,33-34,36-37,39-40,69H,4-6,8-9,11-15,18,21-23,28-29,32,35,38,41-68H2,1-3H3/b10-7-,19-16-,20-17-,26-24-,27-25-,31-30-,34-33-,37-36-,40-39-. The highest BCUT2D eigenvalue weighted by Crippen LogP contribution is 2.16. The summed E-state index contributed by atoms with van der Waals surface area (Å²) in [5.41, 5.74) is 0. The molecular weight excluding hydrogens is 961 g/mol. The maximum Gasteiger partial charge on any atom is 0.306 e. The van der Waals surface area contributed by atoms with Gasteiger partial charge in [0.05, 0.1) is 0 Å². The molecule has 0 aromatic carbocycles. The molecule has 0 bridgehead atoms. The number of unbranched alkanes of at least 4 members (excludes halogenated alkanes) is 30. The summed E-state index contributed by atoms with van der Waals surface area (Å²) < 4.78 is 16.9. The number of carbonyl (C=O) groups is 3. The van der Waals surface area contributed by atoms with E-state index in [-0.39, 0.29) is 31.1 Å². The molecule has 0 saturated carbocycles. The van der Waals surface area contributed by atoms with Gasteiger partial charge in [0.2, 0.25) is 0 Å². The fourth-order valence-electron chi connectivity index (χ4n) is 9.10. The van der Waals surface area contributed by atoms with Crippen molar-refractivity contribution in [3.05, 3.63) is 109 Å². The number of rotatable bonds is 59. The molecule has 0 fully saturated rings. The van der Waals surface area contributed by atoms with Gasteiger partial charge in [-0.25, -0.2) is 0 Å². The lowest BCUT2D eigenvalue weighted by atomic mass is 10.1. The van der Waals surface area contributed by atoms with Gasteiger partial charge in [-0.05, 0) is 109 Å². The lowest BCUT2D eigenvalue weighted by molar-refractivity contribution is -0.167. The maximum atomic E-state index is 12.9. The zero-order valence-corrected chi connectivity index (χ0v) is 51.2. The van der Waals surface area contributed by atoms with Gasteiger partial charge in [0.25, 0.3) is 0 Å². The van der Waals surface area contributed by atoms with E-state index in [0.717, 1.165) is 116 Å². The van der Waals surface area contributed by atoms with E-state index in [9.17, 15) is 14.4 Å². The van der Waals surface area contributed by atoms with Crippen LogP contribution in [0.25, 0.3) is 0 Å². The monoisotopic (exact) mass is 1080 g/mol.